The number of hydrogen-bond donors (Lipinski definition) is 1. The summed E-state index contributed by atoms with van der Waals surface area (Å²) >= 11 is 0. The summed E-state index contributed by atoms with van der Waals surface area (Å²) in [5.74, 6) is 0. The third-order valence-corrected chi connectivity index (χ3v) is 11.9. The van der Waals surface area contributed by atoms with Crippen molar-refractivity contribution >= 4 is 76.0 Å². The number of aromatic nitrogens is 1. The third-order valence-electron chi connectivity index (χ3n) is 11.9. The molecule has 0 unspecified atom stereocenters. The van der Waals surface area contributed by atoms with E-state index in [4.69, 9.17) is 5.73 Å². The van der Waals surface area contributed by atoms with Gasteiger partial charge in [0.2, 0.25) is 0 Å². The van der Waals surface area contributed by atoms with Gasteiger partial charge in [-0.25, -0.2) is 0 Å². The van der Waals surface area contributed by atoms with Gasteiger partial charge < -0.3 is 10.3 Å². The van der Waals surface area contributed by atoms with Crippen molar-refractivity contribution < 1.29 is 0 Å². The summed E-state index contributed by atoms with van der Waals surface area (Å²) in [6.45, 7) is 8.14. The number of hydrogen-bond acceptors (Lipinski definition) is 1. The Balaban J connectivity index is 1.16. The summed E-state index contributed by atoms with van der Waals surface area (Å²) in [5, 5.41) is 12.2. The Hall–Kier alpha value is -7.42. The normalized spacial score (nSPS) is 12.6. The van der Waals surface area contributed by atoms with E-state index in [1.165, 1.54) is 92.7 Å². The zero-order valence-corrected chi connectivity index (χ0v) is 32.7. The fraction of sp³-hybridized carbons (Fsp3) is 0.0357. The molecule has 0 aliphatic heterocycles. The maximum absolute atomic E-state index is 5.76. The average molecular weight is 743 g/mol. The lowest BCUT2D eigenvalue weighted by Gasteiger charge is -2.13. The molecule has 0 fully saturated rings. The molecule has 0 atom stereocenters. The van der Waals surface area contributed by atoms with E-state index in [9.17, 15) is 0 Å². The highest BCUT2D eigenvalue weighted by molar-refractivity contribution is 6.19. The van der Waals surface area contributed by atoms with Crippen molar-refractivity contribution in [3.63, 3.8) is 0 Å². The number of rotatable bonds is 7. The van der Waals surface area contributed by atoms with Crippen LogP contribution < -0.4 is 5.73 Å². The first kappa shape index (κ1) is 35.0. The van der Waals surface area contributed by atoms with Gasteiger partial charge in [0.1, 0.15) is 0 Å². The Labute approximate surface area is 338 Å². The highest BCUT2D eigenvalue weighted by atomic mass is 15.0. The monoisotopic (exact) mass is 742 g/mol. The van der Waals surface area contributed by atoms with Crippen molar-refractivity contribution in [2.45, 2.75) is 13.8 Å². The van der Waals surface area contributed by atoms with E-state index in [1.54, 1.807) is 6.20 Å². The van der Waals surface area contributed by atoms with Crippen LogP contribution in [-0.2, 0) is 0 Å². The zero-order chi connectivity index (χ0) is 39.3. The topological polar surface area (TPSA) is 30.9 Å². The van der Waals surface area contributed by atoms with Crippen molar-refractivity contribution in [3.05, 3.63) is 212 Å². The molecular weight excluding hydrogens is 701 g/mol. The molecule has 0 bridgehead atoms. The summed E-state index contributed by atoms with van der Waals surface area (Å²) < 4.78 is 2.48. The molecule has 58 heavy (non-hydrogen) atoms. The molecule has 0 saturated carbocycles. The summed E-state index contributed by atoms with van der Waals surface area (Å²) in [6.07, 6.45) is 9.70. The predicted molar refractivity (Wildman–Crippen MR) is 253 cm³/mol. The SMILES string of the molecule is C=C/C(=C\C)c1ccc2ccc(-c3ccc4c5ccc6cc(-c7ccc8ccc(C(/C=C\N)=C/C)cc8c7)ccc6c5n(-c5ccc6ccccc6c5)c4c3)cc2c1. The van der Waals surface area contributed by atoms with Crippen LogP contribution in [0.4, 0.5) is 0 Å². The molecule has 2 N–H and O–H groups in total. The molecule has 1 heterocycles. The summed E-state index contributed by atoms with van der Waals surface area (Å²) in [5.41, 5.74) is 18.7. The highest BCUT2D eigenvalue weighted by Crippen LogP contribution is 2.41. The Kier molecular flexibility index (Phi) is 8.61. The van der Waals surface area contributed by atoms with E-state index in [0.717, 1.165) is 22.4 Å². The standard InChI is InChI=1S/C56H42N2/c1-4-36(5-2)42-15-11-39-14-18-45(33-49(39)30-42)47-21-25-53-54-26-22-48-29-46(44-17-13-40-12-16-43(31-50(40)32-44)37(6-3)27-28-57)20-24-52(48)56(54)58(55(53)35-47)51-23-19-38-9-7-8-10-41(38)34-51/h4-35H,1,57H2,2-3H3/b28-27-,36-5+,37-6+. The van der Waals surface area contributed by atoms with Crippen molar-refractivity contribution in [1.82, 2.24) is 4.57 Å². The Morgan fingerprint density at radius 3 is 1.64 bits per heavy atom. The van der Waals surface area contributed by atoms with E-state index >= 15 is 0 Å². The smallest absolute Gasteiger partial charge is 0.0619 e. The van der Waals surface area contributed by atoms with Gasteiger partial charge in [-0.2, -0.15) is 0 Å². The second kappa shape index (κ2) is 14.3. The van der Waals surface area contributed by atoms with Crippen LogP contribution >= 0.6 is 0 Å². The maximum Gasteiger partial charge on any atom is 0.0619 e. The molecule has 0 aliphatic rings. The molecule has 0 spiro atoms. The molecule has 0 amide bonds. The van der Waals surface area contributed by atoms with Crippen LogP contribution in [-0.4, -0.2) is 4.57 Å². The lowest BCUT2D eigenvalue weighted by molar-refractivity contribution is 1.19. The fourth-order valence-electron chi connectivity index (χ4n) is 8.86. The largest absolute Gasteiger partial charge is 0.405 e. The van der Waals surface area contributed by atoms with Crippen LogP contribution in [0.15, 0.2) is 201 Å². The summed E-state index contributed by atoms with van der Waals surface area (Å²) in [4.78, 5) is 0. The minimum atomic E-state index is 1.11. The highest BCUT2D eigenvalue weighted by Gasteiger charge is 2.17. The molecule has 0 aliphatic carbocycles. The number of benzene rings is 9. The van der Waals surface area contributed by atoms with E-state index < -0.39 is 0 Å². The number of nitrogens with zero attached hydrogens (tertiary/aromatic N) is 1. The van der Waals surface area contributed by atoms with Crippen LogP contribution in [0.5, 0.6) is 0 Å². The minimum Gasteiger partial charge on any atom is -0.405 e. The van der Waals surface area contributed by atoms with Crippen molar-refractivity contribution in [1.29, 1.82) is 0 Å². The number of allylic oxidation sites excluding steroid dienone is 6. The Morgan fingerprint density at radius 1 is 0.466 bits per heavy atom. The van der Waals surface area contributed by atoms with Gasteiger partial charge in [0, 0.05) is 21.8 Å². The first-order valence-corrected chi connectivity index (χ1v) is 20.0. The lowest BCUT2D eigenvalue weighted by Crippen LogP contribution is -1.95. The van der Waals surface area contributed by atoms with Crippen molar-refractivity contribution in [3.8, 4) is 27.9 Å². The van der Waals surface area contributed by atoms with Gasteiger partial charge in [-0.15, -0.1) is 0 Å². The summed E-state index contributed by atoms with van der Waals surface area (Å²) in [6, 6.07) is 60.8. The fourth-order valence-corrected chi connectivity index (χ4v) is 8.86. The molecule has 2 nitrogen and oxygen atoms in total. The van der Waals surface area contributed by atoms with Crippen molar-refractivity contribution in [2.24, 2.45) is 5.73 Å². The van der Waals surface area contributed by atoms with Gasteiger partial charge >= 0.3 is 0 Å². The molecule has 10 rings (SSSR count). The van der Waals surface area contributed by atoms with Crippen LogP contribution in [0.1, 0.15) is 25.0 Å². The van der Waals surface area contributed by atoms with Crippen LogP contribution in [0.25, 0.3) is 104 Å². The second-order valence-corrected chi connectivity index (χ2v) is 15.1. The molecule has 0 radical (unpaired) electrons. The van der Waals surface area contributed by atoms with Gasteiger partial charge in [-0.3, -0.25) is 0 Å². The van der Waals surface area contributed by atoms with Gasteiger partial charge in [0.05, 0.1) is 11.0 Å². The number of fused-ring (bicyclic) bond motifs is 8. The van der Waals surface area contributed by atoms with Crippen LogP contribution in [0.2, 0.25) is 0 Å². The zero-order valence-electron chi connectivity index (χ0n) is 32.7. The second-order valence-electron chi connectivity index (χ2n) is 15.1. The van der Waals surface area contributed by atoms with Gasteiger partial charge in [-0.05, 0) is 157 Å². The molecule has 0 saturated heterocycles. The third kappa shape index (κ3) is 5.90. The first-order valence-electron chi connectivity index (χ1n) is 20.0. The van der Waals surface area contributed by atoms with Gasteiger partial charge in [0.25, 0.3) is 0 Å². The molecule has 2 heteroatoms. The Bertz CT molecular complexity index is 3390. The van der Waals surface area contributed by atoms with Crippen molar-refractivity contribution in [2.75, 3.05) is 0 Å². The van der Waals surface area contributed by atoms with Crippen LogP contribution in [0.3, 0.4) is 0 Å². The molecule has 276 valence electrons. The average Bonchev–Trinajstić information content (AvgIpc) is 3.61. The van der Waals surface area contributed by atoms with E-state index in [2.05, 4.69) is 194 Å². The van der Waals surface area contributed by atoms with E-state index in [1.807, 2.05) is 19.1 Å². The minimum absolute atomic E-state index is 1.11. The van der Waals surface area contributed by atoms with Gasteiger partial charge in [-0.1, -0.05) is 140 Å². The van der Waals surface area contributed by atoms with E-state index in [-0.39, 0.29) is 0 Å². The Morgan fingerprint density at radius 2 is 0.983 bits per heavy atom. The van der Waals surface area contributed by atoms with Gasteiger partial charge in [0.15, 0.2) is 0 Å². The summed E-state index contributed by atoms with van der Waals surface area (Å²) in [7, 11) is 0. The first-order chi connectivity index (χ1) is 28.5. The lowest BCUT2D eigenvalue weighted by atomic mass is 9.95. The maximum atomic E-state index is 5.76. The molecule has 1 aromatic heterocycles. The molecule has 10 aromatic rings. The number of nitrogens with two attached hydrogens (primary N) is 1. The molecular formula is C56H42N2. The molecule has 9 aromatic carbocycles. The quantitative estimate of drug-likeness (QED) is 0.162. The van der Waals surface area contributed by atoms with Crippen LogP contribution in [0, 0.1) is 0 Å². The predicted octanol–water partition coefficient (Wildman–Crippen LogP) is 15.2. The van der Waals surface area contributed by atoms with E-state index in [0.29, 0.717) is 0 Å².